The molecule has 0 aromatic rings. The van der Waals surface area contributed by atoms with Crippen molar-refractivity contribution < 1.29 is 8.78 Å². The van der Waals surface area contributed by atoms with Gasteiger partial charge < -0.3 is 0 Å². The molecule has 0 saturated heterocycles. The molecule has 0 amide bonds. The molecule has 0 radical (unpaired) electrons. The fourth-order valence-electron chi connectivity index (χ4n) is 5.11. The molecule has 0 N–H and O–H groups in total. The van der Waals surface area contributed by atoms with Gasteiger partial charge in [-0.1, -0.05) is 27.2 Å². The van der Waals surface area contributed by atoms with Crippen molar-refractivity contribution in [1.29, 1.82) is 0 Å². The molecule has 2 saturated carbocycles. The normalized spacial score (nSPS) is 38.5. The highest BCUT2D eigenvalue weighted by Gasteiger charge is 2.40. The fourth-order valence-corrected chi connectivity index (χ4v) is 5.36. The van der Waals surface area contributed by atoms with Crippen LogP contribution in [0.1, 0.15) is 78.6 Å². The predicted molar refractivity (Wildman–Crippen MR) is 95.5 cm³/mol. The maximum Gasteiger partial charge on any atom is 0.103 e. The molecule has 2 fully saturated rings. The van der Waals surface area contributed by atoms with Gasteiger partial charge in [0.25, 0.3) is 0 Å². The summed E-state index contributed by atoms with van der Waals surface area (Å²) in [6.07, 6.45) is 6.77. The molecule has 5 unspecified atom stereocenters. The van der Waals surface area contributed by atoms with Crippen LogP contribution in [0.4, 0.5) is 8.78 Å². The van der Waals surface area contributed by atoms with Gasteiger partial charge in [0.2, 0.25) is 0 Å². The second kappa shape index (κ2) is 9.02. The maximum absolute atomic E-state index is 14.8. The number of alkyl halides is 3. The molecule has 0 aromatic carbocycles. The molecule has 23 heavy (non-hydrogen) atoms. The molecule has 0 spiro atoms. The Morgan fingerprint density at radius 1 is 1.04 bits per heavy atom. The maximum atomic E-state index is 14.8. The topological polar surface area (TPSA) is 0 Å². The van der Waals surface area contributed by atoms with E-state index in [-0.39, 0.29) is 17.8 Å². The van der Waals surface area contributed by atoms with Crippen LogP contribution in [0.2, 0.25) is 0 Å². The van der Waals surface area contributed by atoms with Crippen molar-refractivity contribution in [3.8, 4) is 0 Å². The van der Waals surface area contributed by atoms with Crippen molar-refractivity contribution >= 4 is 11.6 Å². The smallest absolute Gasteiger partial charge is 0.103 e. The van der Waals surface area contributed by atoms with Crippen molar-refractivity contribution in [2.24, 2.45) is 29.6 Å². The van der Waals surface area contributed by atoms with E-state index in [1.54, 1.807) is 0 Å². The van der Waals surface area contributed by atoms with E-state index in [9.17, 15) is 8.78 Å². The van der Waals surface area contributed by atoms with Gasteiger partial charge in [0.1, 0.15) is 12.3 Å². The number of hydrogen-bond donors (Lipinski definition) is 0. The average molecular weight is 349 g/mol. The first-order chi connectivity index (χ1) is 10.9. The van der Waals surface area contributed by atoms with Crippen LogP contribution in [0, 0.1) is 29.6 Å². The minimum absolute atomic E-state index is 0.0511. The first-order valence-electron chi connectivity index (χ1n) is 9.84. The molecular formula is C20H35ClF2. The van der Waals surface area contributed by atoms with Crippen LogP contribution >= 0.6 is 11.6 Å². The molecule has 2 aliphatic rings. The summed E-state index contributed by atoms with van der Waals surface area (Å²) in [5, 5.41) is 0.299. The molecule has 136 valence electrons. The lowest BCUT2D eigenvalue weighted by Crippen LogP contribution is -2.38. The second-order valence-electron chi connectivity index (χ2n) is 8.48. The quantitative estimate of drug-likeness (QED) is 0.455. The van der Waals surface area contributed by atoms with Crippen LogP contribution in [-0.2, 0) is 0 Å². The standard InChI is InChI=1S/C20H35ClF2/c1-4-17(19(22)11-13(2)3)15-7-10-18(20(23)12-15)14-5-8-16(21)9-6-14/h13-20H,4-12H2,1-3H3. The van der Waals surface area contributed by atoms with E-state index < -0.39 is 12.3 Å². The number of hydrogen-bond acceptors (Lipinski definition) is 0. The number of rotatable bonds is 6. The van der Waals surface area contributed by atoms with Crippen LogP contribution < -0.4 is 0 Å². The monoisotopic (exact) mass is 348 g/mol. The van der Waals surface area contributed by atoms with Gasteiger partial charge >= 0.3 is 0 Å². The van der Waals surface area contributed by atoms with E-state index in [2.05, 4.69) is 20.8 Å². The lowest BCUT2D eigenvalue weighted by atomic mass is 9.66. The summed E-state index contributed by atoms with van der Waals surface area (Å²) in [4.78, 5) is 0. The van der Waals surface area contributed by atoms with Gasteiger partial charge in [0.05, 0.1) is 0 Å². The Morgan fingerprint density at radius 3 is 2.22 bits per heavy atom. The van der Waals surface area contributed by atoms with E-state index in [1.165, 1.54) is 0 Å². The van der Waals surface area contributed by atoms with E-state index in [1.807, 2.05) is 0 Å². The highest BCUT2D eigenvalue weighted by atomic mass is 35.5. The van der Waals surface area contributed by atoms with Crippen molar-refractivity contribution in [1.82, 2.24) is 0 Å². The SMILES string of the molecule is CCC(C(F)CC(C)C)C1CCC(C2CCC(Cl)CC2)C(F)C1. The summed E-state index contributed by atoms with van der Waals surface area (Å²) in [5.41, 5.74) is 0. The van der Waals surface area contributed by atoms with Crippen LogP contribution in [0.5, 0.6) is 0 Å². The summed E-state index contributed by atoms with van der Waals surface area (Å²) < 4.78 is 29.4. The van der Waals surface area contributed by atoms with E-state index >= 15 is 0 Å². The molecule has 0 nitrogen and oxygen atoms in total. The molecule has 2 aliphatic carbocycles. The molecule has 0 aliphatic heterocycles. The van der Waals surface area contributed by atoms with Crippen LogP contribution in [0.25, 0.3) is 0 Å². The first kappa shape index (κ1) is 19.5. The van der Waals surface area contributed by atoms with E-state index in [0.717, 1.165) is 44.9 Å². The molecule has 0 bridgehead atoms. The van der Waals surface area contributed by atoms with Crippen LogP contribution in [0.3, 0.4) is 0 Å². The largest absolute Gasteiger partial charge is 0.247 e. The second-order valence-corrected chi connectivity index (χ2v) is 9.10. The highest BCUT2D eigenvalue weighted by molar-refractivity contribution is 6.20. The van der Waals surface area contributed by atoms with Gasteiger partial charge in [-0.2, -0.15) is 0 Å². The van der Waals surface area contributed by atoms with Crippen molar-refractivity contribution in [2.45, 2.75) is 96.3 Å². The van der Waals surface area contributed by atoms with E-state index in [4.69, 9.17) is 11.6 Å². The highest BCUT2D eigenvalue weighted by Crippen LogP contribution is 2.45. The van der Waals surface area contributed by atoms with Gasteiger partial charge in [0, 0.05) is 5.38 Å². The molecule has 2 rings (SSSR count). The lowest BCUT2D eigenvalue weighted by molar-refractivity contribution is 0.0260. The Labute approximate surface area is 146 Å². The summed E-state index contributed by atoms with van der Waals surface area (Å²) in [7, 11) is 0. The van der Waals surface area contributed by atoms with Gasteiger partial charge in [-0.15, -0.1) is 11.6 Å². The van der Waals surface area contributed by atoms with Crippen LogP contribution in [0.15, 0.2) is 0 Å². The summed E-state index contributed by atoms with van der Waals surface area (Å²) >= 11 is 6.18. The Balaban J connectivity index is 1.89. The molecular weight excluding hydrogens is 314 g/mol. The van der Waals surface area contributed by atoms with Gasteiger partial charge in [-0.05, 0) is 81.0 Å². The third-order valence-electron chi connectivity index (χ3n) is 6.41. The van der Waals surface area contributed by atoms with Crippen molar-refractivity contribution in [3.63, 3.8) is 0 Å². The Hall–Kier alpha value is 0.150. The van der Waals surface area contributed by atoms with Crippen LogP contribution in [-0.4, -0.2) is 17.7 Å². The fraction of sp³-hybridized carbons (Fsp3) is 1.00. The molecule has 5 atom stereocenters. The minimum atomic E-state index is -0.763. The number of halogens is 3. The summed E-state index contributed by atoms with van der Waals surface area (Å²) in [6.45, 7) is 6.21. The summed E-state index contributed by atoms with van der Waals surface area (Å²) in [6, 6.07) is 0. The Morgan fingerprint density at radius 2 is 1.70 bits per heavy atom. The third kappa shape index (κ3) is 5.31. The Kier molecular flexibility index (Phi) is 7.63. The van der Waals surface area contributed by atoms with Gasteiger partial charge in [0.15, 0.2) is 0 Å². The molecule has 0 heterocycles. The average Bonchev–Trinajstić information content (AvgIpc) is 2.48. The van der Waals surface area contributed by atoms with Gasteiger partial charge in [-0.25, -0.2) is 8.78 Å². The predicted octanol–water partition coefficient (Wildman–Crippen LogP) is 6.95. The first-order valence-corrected chi connectivity index (χ1v) is 10.3. The third-order valence-corrected chi connectivity index (χ3v) is 6.84. The van der Waals surface area contributed by atoms with E-state index in [0.29, 0.717) is 30.1 Å². The lowest BCUT2D eigenvalue weighted by Gasteiger charge is -2.41. The summed E-state index contributed by atoms with van der Waals surface area (Å²) in [5.74, 6) is 1.38. The van der Waals surface area contributed by atoms with Crippen molar-refractivity contribution in [2.75, 3.05) is 0 Å². The zero-order valence-electron chi connectivity index (χ0n) is 15.1. The van der Waals surface area contributed by atoms with Crippen molar-refractivity contribution in [3.05, 3.63) is 0 Å². The molecule has 3 heteroatoms. The Bertz CT molecular complexity index is 339. The van der Waals surface area contributed by atoms with Gasteiger partial charge in [-0.3, -0.25) is 0 Å². The zero-order chi connectivity index (χ0) is 17.0. The molecule has 0 aromatic heterocycles. The zero-order valence-corrected chi connectivity index (χ0v) is 15.9. The minimum Gasteiger partial charge on any atom is -0.247 e.